The summed E-state index contributed by atoms with van der Waals surface area (Å²) in [6.07, 6.45) is 8.04. The Morgan fingerprint density at radius 1 is 1.19 bits per heavy atom. The highest BCUT2D eigenvalue weighted by atomic mass is 16.5. The molecule has 1 N–H and O–H groups in total. The lowest BCUT2D eigenvalue weighted by atomic mass is 9.93. The van der Waals surface area contributed by atoms with Crippen LogP contribution in [0.3, 0.4) is 0 Å². The molecule has 32 heavy (non-hydrogen) atoms. The molecule has 2 aliphatic rings. The van der Waals surface area contributed by atoms with Gasteiger partial charge in [-0.15, -0.1) is 0 Å². The SMILES string of the molecule is CN=C(NCCN1CCc2cc(OC)c(OC)cc2C1)N1CCC(C)C(n2ccnc2)C1. The molecule has 1 saturated heterocycles. The number of aromatic nitrogens is 2. The first kappa shape index (κ1) is 22.5. The van der Waals surface area contributed by atoms with Crippen molar-refractivity contribution in [3.05, 3.63) is 42.0 Å². The lowest BCUT2D eigenvalue weighted by Crippen LogP contribution is -2.50. The van der Waals surface area contributed by atoms with Crippen LogP contribution in [0.2, 0.25) is 0 Å². The van der Waals surface area contributed by atoms with Gasteiger partial charge in [-0.1, -0.05) is 6.92 Å². The van der Waals surface area contributed by atoms with E-state index in [1.165, 1.54) is 11.1 Å². The summed E-state index contributed by atoms with van der Waals surface area (Å²) in [6, 6.07) is 4.67. The van der Waals surface area contributed by atoms with Gasteiger partial charge >= 0.3 is 0 Å². The predicted octanol–water partition coefficient (Wildman–Crippen LogP) is 2.42. The smallest absolute Gasteiger partial charge is 0.193 e. The number of nitrogens with one attached hydrogen (secondary N) is 1. The Balaban J connectivity index is 1.31. The fourth-order valence-electron chi connectivity index (χ4n) is 4.89. The van der Waals surface area contributed by atoms with Crippen LogP contribution in [0, 0.1) is 5.92 Å². The van der Waals surface area contributed by atoms with Gasteiger partial charge in [-0.25, -0.2) is 4.98 Å². The van der Waals surface area contributed by atoms with E-state index in [1.807, 2.05) is 19.6 Å². The molecule has 1 aromatic carbocycles. The van der Waals surface area contributed by atoms with Crippen molar-refractivity contribution < 1.29 is 9.47 Å². The van der Waals surface area contributed by atoms with Gasteiger partial charge in [0.1, 0.15) is 0 Å². The summed E-state index contributed by atoms with van der Waals surface area (Å²) in [5.41, 5.74) is 2.68. The first-order valence-corrected chi connectivity index (χ1v) is 11.5. The third-order valence-electron chi connectivity index (χ3n) is 6.85. The molecule has 2 aromatic rings. The number of methoxy groups -OCH3 is 2. The second kappa shape index (κ2) is 10.3. The summed E-state index contributed by atoms with van der Waals surface area (Å²) < 4.78 is 13.2. The molecule has 2 unspecified atom stereocenters. The van der Waals surface area contributed by atoms with E-state index in [0.717, 1.165) is 69.6 Å². The van der Waals surface area contributed by atoms with Crippen molar-refractivity contribution in [3.8, 4) is 11.5 Å². The molecule has 0 radical (unpaired) electrons. The van der Waals surface area contributed by atoms with E-state index in [4.69, 9.17) is 9.47 Å². The molecule has 1 fully saturated rings. The van der Waals surface area contributed by atoms with E-state index in [2.05, 4.69) is 54.9 Å². The maximum Gasteiger partial charge on any atom is 0.193 e. The highest BCUT2D eigenvalue weighted by molar-refractivity contribution is 5.80. The van der Waals surface area contributed by atoms with Crippen LogP contribution in [0.15, 0.2) is 35.8 Å². The molecule has 0 saturated carbocycles. The molecule has 0 spiro atoms. The first-order chi connectivity index (χ1) is 15.6. The van der Waals surface area contributed by atoms with E-state index in [9.17, 15) is 0 Å². The highest BCUT2D eigenvalue weighted by Crippen LogP contribution is 2.33. The maximum absolute atomic E-state index is 5.49. The minimum atomic E-state index is 0.426. The number of likely N-dealkylation sites (tertiary alicyclic amines) is 1. The van der Waals surface area contributed by atoms with Gasteiger partial charge in [0.25, 0.3) is 0 Å². The van der Waals surface area contributed by atoms with Crippen molar-refractivity contribution in [1.82, 2.24) is 24.7 Å². The van der Waals surface area contributed by atoms with Crippen LogP contribution >= 0.6 is 0 Å². The Hall–Kier alpha value is -2.74. The number of nitrogens with zero attached hydrogens (tertiary/aromatic N) is 5. The molecule has 2 atom stereocenters. The lowest BCUT2D eigenvalue weighted by molar-refractivity contribution is 0.188. The van der Waals surface area contributed by atoms with Gasteiger partial charge in [-0.2, -0.15) is 0 Å². The summed E-state index contributed by atoms with van der Waals surface area (Å²) in [6.45, 7) is 8.14. The number of piperidine rings is 1. The zero-order valence-electron chi connectivity index (χ0n) is 19.8. The lowest BCUT2D eigenvalue weighted by Gasteiger charge is -2.39. The van der Waals surface area contributed by atoms with Crippen LogP contribution in [-0.4, -0.2) is 79.3 Å². The average Bonchev–Trinajstić information content (AvgIpc) is 3.36. The molecule has 0 aliphatic carbocycles. The standard InChI is InChI=1S/C24H36N6O2/c1-18-5-10-29(16-21(18)30-12-7-26-17-30)24(25-2)27-8-11-28-9-6-19-13-22(31-3)23(32-4)14-20(19)15-28/h7,12-14,17-18,21H,5-6,8-11,15-16H2,1-4H3,(H,25,27). The number of ether oxygens (including phenoxy) is 2. The van der Waals surface area contributed by atoms with Crippen molar-refractivity contribution >= 4 is 5.96 Å². The zero-order chi connectivity index (χ0) is 22.5. The Morgan fingerprint density at radius 3 is 2.66 bits per heavy atom. The van der Waals surface area contributed by atoms with Crippen molar-refractivity contribution in [2.75, 3.05) is 54.0 Å². The van der Waals surface area contributed by atoms with Gasteiger partial charge in [-0.05, 0) is 42.0 Å². The van der Waals surface area contributed by atoms with Crippen molar-refractivity contribution in [2.45, 2.75) is 32.4 Å². The van der Waals surface area contributed by atoms with Gasteiger partial charge in [0.05, 0.1) is 26.6 Å². The summed E-state index contributed by atoms with van der Waals surface area (Å²) in [4.78, 5) is 13.7. The Labute approximate surface area is 191 Å². The fourth-order valence-corrected chi connectivity index (χ4v) is 4.89. The average molecular weight is 441 g/mol. The monoisotopic (exact) mass is 440 g/mol. The third kappa shape index (κ3) is 4.85. The molecule has 0 amide bonds. The van der Waals surface area contributed by atoms with Crippen molar-refractivity contribution in [3.63, 3.8) is 0 Å². The quantitative estimate of drug-likeness (QED) is 0.550. The summed E-state index contributed by atoms with van der Waals surface area (Å²) >= 11 is 0. The van der Waals surface area contributed by atoms with Gasteiger partial charge in [0.15, 0.2) is 17.5 Å². The zero-order valence-corrected chi connectivity index (χ0v) is 19.8. The third-order valence-corrected chi connectivity index (χ3v) is 6.85. The molecule has 8 nitrogen and oxygen atoms in total. The van der Waals surface area contributed by atoms with E-state index in [1.54, 1.807) is 14.2 Å². The number of fused-ring (bicyclic) bond motifs is 1. The maximum atomic E-state index is 5.49. The number of guanidine groups is 1. The van der Waals surface area contributed by atoms with Crippen LogP contribution < -0.4 is 14.8 Å². The molecule has 174 valence electrons. The normalized spacial score (nSPS) is 21.9. The predicted molar refractivity (Wildman–Crippen MR) is 127 cm³/mol. The number of hydrogen-bond donors (Lipinski definition) is 1. The molecule has 0 bridgehead atoms. The van der Waals surface area contributed by atoms with Crippen LogP contribution in [0.5, 0.6) is 11.5 Å². The molecule has 1 aromatic heterocycles. The molecular weight excluding hydrogens is 404 g/mol. The number of aliphatic imine (C=N–C) groups is 1. The second-order valence-electron chi connectivity index (χ2n) is 8.77. The minimum Gasteiger partial charge on any atom is -0.493 e. The van der Waals surface area contributed by atoms with E-state index >= 15 is 0 Å². The van der Waals surface area contributed by atoms with E-state index < -0.39 is 0 Å². The van der Waals surface area contributed by atoms with Gasteiger partial charge in [-0.3, -0.25) is 9.89 Å². The topological polar surface area (TPSA) is 67.2 Å². The largest absolute Gasteiger partial charge is 0.493 e. The minimum absolute atomic E-state index is 0.426. The Kier molecular flexibility index (Phi) is 7.19. The van der Waals surface area contributed by atoms with E-state index in [0.29, 0.717) is 12.0 Å². The van der Waals surface area contributed by atoms with E-state index in [-0.39, 0.29) is 0 Å². The molecule has 3 heterocycles. The van der Waals surface area contributed by atoms with Crippen LogP contribution in [0.4, 0.5) is 0 Å². The summed E-state index contributed by atoms with van der Waals surface area (Å²) in [5.74, 6) is 3.24. The molecule has 8 heteroatoms. The van der Waals surface area contributed by atoms with Crippen molar-refractivity contribution in [2.24, 2.45) is 10.9 Å². The second-order valence-corrected chi connectivity index (χ2v) is 8.77. The molecular formula is C24H36N6O2. The van der Waals surface area contributed by atoms with Crippen LogP contribution in [0.25, 0.3) is 0 Å². The molecule has 2 aliphatic heterocycles. The Bertz CT molecular complexity index is 913. The fraction of sp³-hybridized carbons (Fsp3) is 0.583. The van der Waals surface area contributed by atoms with Crippen LogP contribution in [0.1, 0.15) is 30.5 Å². The highest BCUT2D eigenvalue weighted by Gasteiger charge is 2.29. The van der Waals surface area contributed by atoms with Gasteiger partial charge in [0.2, 0.25) is 0 Å². The van der Waals surface area contributed by atoms with Gasteiger partial charge in [0, 0.05) is 58.7 Å². The van der Waals surface area contributed by atoms with Gasteiger partial charge < -0.3 is 24.3 Å². The Morgan fingerprint density at radius 2 is 1.97 bits per heavy atom. The number of benzene rings is 1. The summed E-state index contributed by atoms with van der Waals surface area (Å²) in [5, 5.41) is 3.60. The number of rotatable bonds is 6. The van der Waals surface area contributed by atoms with Crippen molar-refractivity contribution in [1.29, 1.82) is 0 Å². The number of hydrogen-bond acceptors (Lipinski definition) is 5. The first-order valence-electron chi connectivity index (χ1n) is 11.5. The van der Waals surface area contributed by atoms with Crippen LogP contribution in [-0.2, 0) is 13.0 Å². The summed E-state index contributed by atoms with van der Waals surface area (Å²) in [7, 11) is 5.26. The number of imidazole rings is 1. The molecule has 4 rings (SSSR count).